The van der Waals surface area contributed by atoms with Gasteiger partial charge in [-0.2, -0.15) is 5.10 Å². The molecule has 0 amide bonds. The maximum absolute atomic E-state index is 5.57. The van der Waals surface area contributed by atoms with E-state index in [0.717, 1.165) is 65.7 Å². The van der Waals surface area contributed by atoms with Crippen LogP contribution in [0.25, 0.3) is 10.9 Å². The zero-order valence-electron chi connectivity index (χ0n) is 15.0. The monoisotopic (exact) mass is 351 g/mol. The first-order chi connectivity index (χ1) is 12.7. The lowest BCUT2D eigenvalue weighted by molar-refractivity contribution is 0.174. The molecule has 0 aliphatic carbocycles. The van der Waals surface area contributed by atoms with Crippen LogP contribution in [0, 0.1) is 13.8 Å². The molecule has 134 valence electrons. The van der Waals surface area contributed by atoms with Gasteiger partial charge in [0.2, 0.25) is 6.79 Å². The second-order valence-electron chi connectivity index (χ2n) is 7.05. The van der Waals surface area contributed by atoms with E-state index in [4.69, 9.17) is 9.47 Å². The Kier molecular flexibility index (Phi) is 3.48. The zero-order chi connectivity index (χ0) is 17.7. The Morgan fingerprint density at radius 1 is 1.04 bits per heavy atom. The molecule has 2 aliphatic heterocycles. The standard InChI is InChI=1S/C19H21N5O2/c1-11-7-16(14-8-17-18(26-10-25-17)9-15(14)20-11)24-5-3-13(4-6-24)19-21-12(2)22-23-19/h7-9,13H,3-6,10H2,1-2H3,(H,21,22,23). The first-order valence-electron chi connectivity index (χ1n) is 9.02. The number of pyridine rings is 1. The summed E-state index contributed by atoms with van der Waals surface area (Å²) in [5, 5.41) is 8.42. The molecule has 0 bridgehead atoms. The van der Waals surface area contributed by atoms with Crippen LogP contribution in [0.5, 0.6) is 11.5 Å². The number of fused-ring (bicyclic) bond motifs is 2. The Morgan fingerprint density at radius 3 is 2.54 bits per heavy atom. The van der Waals surface area contributed by atoms with E-state index in [1.165, 1.54) is 5.69 Å². The average Bonchev–Trinajstić information content (AvgIpc) is 3.28. The fraction of sp³-hybridized carbons (Fsp3) is 0.421. The van der Waals surface area contributed by atoms with E-state index >= 15 is 0 Å². The molecular formula is C19H21N5O2. The second kappa shape index (κ2) is 5.86. The Morgan fingerprint density at radius 2 is 1.81 bits per heavy atom. The van der Waals surface area contributed by atoms with E-state index in [9.17, 15) is 0 Å². The van der Waals surface area contributed by atoms with Crippen LogP contribution < -0.4 is 14.4 Å². The number of rotatable bonds is 2. The van der Waals surface area contributed by atoms with Gasteiger partial charge >= 0.3 is 0 Å². The van der Waals surface area contributed by atoms with Crippen LogP contribution in [-0.4, -0.2) is 40.0 Å². The van der Waals surface area contributed by atoms with Crippen LogP contribution in [0.3, 0.4) is 0 Å². The molecule has 7 heteroatoms. The number of aromatic amines is 1. The Hall–Kier alpha value is -2.83. The lowest BCUT2D eigenvalue weighted by atomic mass is 9.95. The minimum absolute atomic E-state index is 0.279. The van der Waals surface area contributed by atoms with Crippen LogP contribution in [0.4, 0.5) is 5.69 Å². The second-order valence-corrected chi connectivity index (χ2v) is 7.05. The van der Waals surface area contributed by atoms with Crippen molar-refractivity contribution in [3.05, 3.63) is 35.5 Å². The van der Waals surface area contributed by atoms with Gasteiger partial charge in [-0.3, -0.25) is 10.1 Å². The third kappa shape index (κ3) is 2.55. The Balaban J connectivity index is 1.46. The highest BCUT2D eigenvalue weighted by Gasteiger charge is 2.25. The molecule has 0 atom stereocenters. The van der Waals surface area contributed by atoms with E-state index in [0.29, 0.717) is 5.92 Å². The van der Waals surface area contributed by atoms with Crippen LogP contribution in [0.15, 0.2) is 18.2 Å². The minimum Gasteiger partial charge on any atom is -0.454 e. The number of nitrogens with one attached hydrogen (secondary N) is 1. The summed E-state index contributed by atoms with van der Waals surface area (Å²) in [5.74, 6) is 3.83. The number of benzene rings is 1. The van der Waals surface area contributed by atoms with E-state index in [-0.39, 0.29) is 6.79 Å². The first kappa shape index (κ1) is 15.4. The van der Waals surface area contributed by atoms with Gasteiger partial charge in [0, 0.05) is 41.8 Å². The quantitative estimate of drug-likeness (QED) is 0.765. The summed E-state index contributed by atoms with van der Waals surface area (Å²) in [7, 11) is 0. The number of hydrogen-bond donors (Lipinski definition) is 1. The van der Waals surface area contributed by atoms with Crippen molar-refractivity contribution in [1.82, 2.24) is 20.2 Å². The molecule has 2 aliphatic rings. The molecular weight excluding hydrogens is 330 g/mol. The molecule has 0 radical (unpaired) electrons. The Labute approximate surface area is 151 Å². The van der Waals surface area contributed by atoms with Gasteiger partial charge in [0.1, 0.15) is 5.82 Å². The van der Waals surface area contributed by atoms with Crippen molar-refractivity contribution in [3.8, 4) is 11.5 Å². The van der Waals surface area contributed by atoms with Crippen molar-refractivity contribution in [1.29, 1.82) is 0 Å². The number of piperidine rings is 1. The number of nitrogens with zero attached hydrogens (tertiary/aromatic N) is 4. The summed E-state index contributed by atoms with van der Waals surface area (Å²) < 4.78 is 11.1. The van der Waals surface area contributed by atoms with E-state index in [1.807, 2.05) is 19.9 Å². The molecule has 1 N–H and O–H groups in total. The molecule has 0 unspecified atom stereocenters. The number of H-pyrrole nitrogens is 1. The van der Waals surface area contributed by atoms with E-state index in [1.54, 1.807) is 0 Å². The van der Waals surface area contributed by atoms with Gasteiger partial charge in [-0.25, -0.2) is 4.98 Å². The van der Waals surface area contributed by atoms with Crippen molar-refractivity contribution >= 4 is 16.6 Å². The van der Waals surface area contributed by atoms with Crippen LogP contribution in [0.2, 0.25) is 0 Å². The lowest BCUT2D eigenvalue weighted by Gasteiger charge is -2.33. The van der Waals surface area contributed by atoms with Gasteiger partial charge < -0.3 is 14.4 Å². The van der Waals surface area contributed by atoms with Crippen LogP contribution in [0.1, 0.15) is 36.1 Å². The highest BCUT2D eigenvalue weighted by Crippen LogP contribution is 2.40. The fourth-order valence-corrected chi connectivity index (χ4v) is 3.91. The lowest BCUT2D eigenvalue weighted by Crippen LogP contribution is -2.33. The number of ether oxygens (including phenoxy) is 2. The summed E-state index contributed by atoms with van der Waals surface area (Å²) in [6.45, 7) is 6.22. The smallest absolute Gasteiger partial charge is 0.231 e. The largest absolute Gasteiger partial charge is 0.454 e. The highest BCUT2D eigenvalue weighted by atomic mass is 16.7. The molecule has 1 fully saturated rings. The van der Waals surface area contributed by atoms with Crippen molar-refractivity contribution in [2.24, 2.45) is 0 Å². The first-order valence-corrected chi connectivity index (χ1v) is 9.02. The number of aryl methyl sites for hydroxylation is 2. The van der Waals surface area contributed by atoms with Crippen molar-refractivity contribution in [3.63, 3.8) is 0 Å². The highest BCUT2D eigenvalue weighted by molar-refractivity contribution is 5.94. The molecule has 1 saturated heterocycles. The van der Waals surface area contributed by atoms with Gasteiger partial charge in [-0.05, 0) is 38.8 Å². The number of anilines is 1. The molecule has 0 saturated carbocycles. The topological polar surface area (TPSA) is 76.2 Å². The molecule has 0 spiro atoms. The molecule has 26 heavy (non-hydrogen) atoms. The summed E-state index contributed by atoms with van der Waals surface area (Å²) in [5.41, 5.74) is 3.18. The number of aromatic nitrogens is 4. The average molecular weight is 351 g/mol. The van der Waals surface area contributed by atoms with E-state index < -0.39 is 0 Å². The number of hydrogen-bond acceptors (Lipinski definition) is 6. The predicted octanol–water partition coefficient (Wildman–Crippen LogP) is 3.08. The maximum atomic E-state index is 5.57. The predicted molar refractivity (Wildman–Crippen MR) is 97.9 cm³/mol. The zero-order valence-corrected chi connectivity index (χ0v) is 15.0. The molecule has 2 aromatic heterocycles. The third-order valence-electron chi connectivity index (χ3n) is 5.22. The SMILES string of the molecule is Cc1cc(N2CCC(c3n[nH]c(C)n3)CC2)c2cc3c(cc2n1)OCO3. The van der Waals surface area contributed by atoms with Crippen LogP contribution in [-0.2, 0) is 0 Å². The van der Waals surface area contributed by atoms with E-state index in [2.05, 4.69) is 37.2 Å². The molecule has 7 nitrogen and oxygen atoms in total. The van der Waals surface area contributed by atoms with Crippen molar-refractivity contribution < 1.29 is 9.47 Å². The molecule has 4 heterocycles. The summed E-state index contributed by atoms with van der Waals surface area (Å²) in [6.07, 6.45) is 2.09. The van der Waals surface area contributed by atoms with Gasteiger partial charge in [-0.1, -0.05) is 0 Å². The molecule has 5 rings (SSSR count). The van der Waals surface area contributed by atoms with Crippen molar-refractivity contribution in [2.45, 2.75) is 32.6 Å². The molecule has 1 aromatic carbocycles. The van der Waals surface area contributed by atoms with Crippen LogP contribution >= 0.6 is 0 Å². The Bertz CT molecular complexity index is 975. The summed E-state index contributed by atoms with van der Waals surface area (Å²) >= 11 is 0. The third-order valence-corrected chi connectivity index (χ3v) is 5.22. The van der Waals surface area contributed by atoms with Gasteiger partial charge in [-0.15, -0.1) is 0 Å². The summed E-state index contributed by atoms with van der Waals surface area (Å²) in [4.78, 5) is 11.6. The molecule has 3 aromatic rings. The maximum Gasteiger partial charge on any atom is 0.231 e. The summed E-state index contributed by atoms with van der Waals surface area (Å²) in [6, 6.07) is 6.21. The van der Waals surface area contributed by atoms with Crippen molar-refractivity contribution in [2.75, 3.05) is 24.8 Å². The fourth-order valence-electron chi connectivity index (χ4n) is 3.91. The normalized spacial score (nSPS) is 17.2. The minimum atomic E-state index is 0.279. The van der Waals surface area contributed by atoms with Gasteiger partial charge in [0.25, 0.3) is 0 Å². The van der Waals surface area contributed by atoms with Gasteiger partial charge in [0.15, 0.2) is 17.3 Å². The van der Waals surface area contributed by atoms with Gasteiger partial charge in [0.05, 0.1) is 5.52 Å².